The third kappa shape index (κ3) is 3.24. The second kappa shape index (κ2) is 5.30. The molecule has 0 atom stereocenters. The van der Waals surface area contributed by atoms with Gasteiger partial charge in [-0.2, -0.15) is 0 Å². The van der Waals surface area contributed by atoms with Crippen molar-refractivity contribution in [2.75, 3.05) is 11.9 Å². The number of carbonyl (C=O) groups is 2. The molecular formula is C14H18N2O3. The summed E-state index contributed by atoms with van der Waals surface area (Å²) in [6, 6.07) is 7.21. The average Bonchev–Trinajstić information content (AvgIpc) is 3.18. The zero-order valence-corrected chi connectivity index (χ0v) is 10.9. The van der Waals surface area contributed by atoms with Gasteiger partial charge in [0.1, 0.15) is 0 Å². The minimum absolute atomic E-state index is 0.182. The summed E-state index contributed by atoms with van der Waals surface area (Å²) in [6.07, 6.45) is 2.22. The van der Waals surface area contributed by atoms with E-state index in [-0.39, 0.29) is 12.6 Å². The number of amides is 2. The van der Waals surface area contributed by atoms with Gasteiger partial charge in [-0.15, -0.1) is 0 Å². The Bertz CT molecular complexity index is 478. The topological polar surface area (TPSA) is 78.4 Å². The minimum atomic E-state index is -0.833. The van der Waals surface area contributed by atoms with Crippen molar-refractivity contribution in [2.45, 2.75) is 26.2 Å². The summed E-state index contributed by atoms with van der Waals surface area (Å²) >= 11 is 0. The van der Waals surface area contributed by atoms with Gasteiger partial charge in [-0.25, -0.2) is 4.79 Å². The lowest BCUT2D eigenvalue weighted by atomic mass is 10.1. The first kappa shape index (κ1) is 13.4. The fourth-order valence-electron chi connectivity index (χ4n) is 1.87. The molecular weight excluding hydrogens is 244 g/mol. The molecule has 1 fully saturated rings. The van der Waals surface area contributed by atoms with Gasteiger partial charge in [0.25, 0.3) is 0 Å². The molecule has 0 spiro atoms. The van der Waals surface area contributed by atoms with Crippen LogP contribution in [0.2, 0.25) is 0 Å². The van der Waals surface area contributed by atoms with Crippen molar-refractivity contribution in [3.05, 3.63) is 29.8 Å². The molecule has 102 valence electrons. The molecule has 1 aliphatic rings. The standard InChI is InChI=1S/C14H18N2O3/c1-2-10-3-5-11(6-4-10)16-13(19)15-9-14(7-8-14)12(17)18/h3-6H,2,7-9H2,1H3,(H,17,18)(H2,15,16,19). The number of carboxylic acids is 1. The first-order chi connectivity index (χ1) is 9.05. The van der Waals surface area contributed by atoms with Gasteiger partial charge in [0, 0.05) is 12.2 Å². The molecule has 0 bridgehead atoms. The Hall–Kier alpha value is -2.04. The van der Waals surface area contributed by atoms with E-state index in [1.165, 1.54) is 5.56 Å². The number of nitrogens with one attached hydrogen (secondary N) is 2. The number of hydrogen-bond donors (Lipinski definition) is 3. The molecule has 0 heterocycles. The lowest BCUT2D eigenvalue weighted by Gasteiger charge is -2.12. The van der Waals surface area contributed by atoms with Gasteiger partial charge in [-0.3, -0.25) is 4.79 Å². The van der Waals surface area contributed by atoms with E-state index in [1.807, 2.05) is 24.3 Å². The van der Waals surface area contributed by atoms with Crippen LogP contribution in [0, 0.1) is 5.41 Å². The molecule has 1 aromatic carbocycles. The van der Waals surface area contributed by atoms with Crippen LogP contribution in [0.5, 0.6) is 0 Å². The molecule has 0 aliphatic heterocycles. The van der Waals surface area contributed by atoms with Crippen LogP contribution in [0.25, 0.3) is 0 Å². The third-order valence-electron chi connectivity index (χ3n) is 3.51. The number of rotatable bonds is 5. The molecule has 1 saturated carbocycles. The maximum absolute atomic E-state index is 11.6. The number of carboxylic acid groups (broad SMARTS) is 1. The number of aryl methyl sites for hydroxylation is 1. The molecule has 2 rings (SSSR count). The smallest absolute Gasteiger partial charge is 0.319 e. The second-order valence-electron chi connectivity index (χ2n) is 4.94. The Balaban J connectivity index is 1.82. The Labute approximate surface area is 112 Å². The fourth-order valence-corrected chi connectivity index (χ4v) is 1.87. The summed E-state index contributed by atoms with van der Waals surface area (Å²) in [5.41, 5.74) is 1.17. The lowest BCUT2D eigenvalue weighted by molar-refractivity contribution is -0.143. The quantitative estimate of drug-likeness (QED) is 0.761. The van der Waals surface area contributed by atoms with Gasteiger partial charge >= 0.3 is 12.0 Å². The van der Waals surface area contributed by atoms with Crippen LogP contribution in [-0.2, 0) is 11.2 Å². The highest BCUT2D eigenvalue weighted by molar-refractivity contribution is 5.90. The molecule has 0 unspecified atom stereocenters. The molecule has 1 aliphatic carbocycles. The molecule has 0 saturated heterocycles. The van der Waals surface area contributed by atoms with E-state index in [0.29, 0.717) is 18.5 Å². The maximum atomic E-state index is 11.6. The van der Waals surface area contributed by atoms with Crippen molar-refractivity contribution in [3.8, 4) is 0 Å². The van der Waals surface area contributed by atoms with Crippen molar-refractivity contribution < 1.29 is 14.7 Å². The molecule has 5 nitrogen and oxygen atoms in total. The van der Waals surface area contributed by atoms with Crippen LogP contribution in [-0.4, -0.2) is 23.7 Å². The van der Waals surface area contributed by atoms with E-state index < -0.39 is 11.4 Å². The maximum Gasteiger partial charge on any atom is 0.319 e. The number of anilines is 1. The first-order valence-electron chi connectivity index (χ1n) is 6.43. The highest BCUT2D eigenvalue weighted by atomic mass is 16.4. The molecule has 2 amide bonds. The number of benzene rings is 1. The van der Waals surface area contributed by atoms with E-state index in [0.717, 1.165) is 6.42 Å². The van der Waals surface area contributed by atoms with Gasteiger partial charge in [-0.05, 0) is 37.0 Å². The zero-order chi connectivity index (χ0) is 13.9. The summed E-state index contributed by atoms with van der Waals surface area (Å²) in [5.74, 6) is -0.833. The third-order valence-corrected chi connectivity index (χ3v) is 3.51. The van der Waals surface area contributed by atoms with E-state index in [1.54, 1.807) is 0 Å². The van der Waals surface area contributed by atoms with Gasteiger partial charge < -0.3 is 15.7 Å². The van der Waals surface area contributed by atoms with Crippen molar-refractivity contribution >= 4 is 17.7 Å². The van der Waals surface area contributed by atoms with E-state index >= 15 is 0 Å². The summed E-state index contributed by atoms with van der Waals surface area (Å²) in [5, 5.41) is 14.3. The Morgan fingerprint density at radius 1 is 1.26 bits per heavy atom. The minimum Gasteiger partial charge on any atom is -0.481 e. The lowest BCUT2D eigenvalue weighted by Crippen LogP contribution is -2.36. The predicted octanol–water partition coefficient (Wildman–Crippen LogP) is 2.24. The van der Waals surface area contributed by atoms with Crippen molar-refractivity contribution in [2.24, 2.45) is 5.41 Å². The highest BCUT2D eigenvalue weighted by Gasteiger charge is 2.50. The van der Waals surface area contributed by atoms with Crippen LogP contribution in [0.15, 0.2) is 24.3 Å². The van der Waals surface area contributed by atoms with Crippen molar-refractivity contribution in [1.29, 1.82) is 0 Å². The summed E-state index contributed by atoms with van der Waals surface area (Å²) in [7, 11) is 0. The summed E-state index contributed by atoms with van der Waals surface area (Å²) < 4.78 is 0. The highest BCUT2D eigenvalue weighted by Crippen LogP contribution is 2.45. The van der Waals surface area contributed by atoms with E-state index in [4.69, 9.17) is 5.11 Å². The predicted molar refractivity (Wildman–Crippen MR) is 72.1 cm³/mol. The first-order valence-corrected chi connectivity index (χ1v) is 6.43. The monoisotopic (exact) mass is 262 g/mol. The van der Waals surface area contributed by atoms with Gasteiger partial charge in [0.2, 0.25) is 0 Å². The average molecular weight is 262 g/mol. The van der Waals surface area contributed by atoms with Gasteiger partial charge in [0.15, 0.2) is 0 Å². The van der Waals surface area contributed by atoms with E-state index in [2.05, 4.69) is 17.6 Å². The number of urea groups is 1. The number of carbonyl (C=O) groups excluding carboxylic acids is 1. The van der Waals surface area contributed by atoms with Crippen LogP contribution in [0.3, 0.4) is 0 Å². The Morgan fingerprint density at radius 2 is 1.89 bits per heavy atom. The molecule has 0 radical (unpaired) electrons. The summed E-state index contributed by atoms with van der Waals surface area (Å²) in [6.45, 7) is 2.25. The summed E-state index contributed by atoms with van der Waals surface area (Å²) in [4.78, 5) is 22.6. The molecule has 3 N–H and O–H groups in total. The Kier molecular flexibility index (Phi) is 3.74. The van der Waals surface area contributed by atoms with Gasteiger partial charge in [-0.1, -0.05) is 19.1 Å². The second-order valence-corrected chi connectivity index (χ2v) is 4.94. The SMILES string of the molecule is CCc1ccc(NC(=O)NCC2(C(=O)O)CC2)cc1. The van der Waals surface area contributed by atoms with E-state index in [9.17, 15) is 9.59 Å². The van der Waals surface area contributed by atoms with Crippen molar-refractivity contribution in [3.63, 3.8) is 0 Å². The largest absolute Gasteiger partial charge is 0.481 e. The van der Waals surface area contributed by atoms with Crippen LogP contribution < -0.4 is 10.6 Å². The normalized spacial score (nSPS) is 15.6. The van der Waals surface area contributed by atoms with Crippen LogP contribution >= 0.6 is 0 Å². The Morgan fingerprint density at radius 3 is 2.37 bits per heavy atom. The van der Waals surface area contributed by atoms with Crippen molar-refractivity contribution in [1.82, 2.24) is 5.32 Å². The zero-order valence-electron chi connectivity index (χ0n) is 10.9. The number of aliphatic carboxylic acids is 1. The van der Waals surface area contributed by atoms with Crippen LogP contribution in [0.4, 0.5) is 10.5 Å². The van der Waals surface area contributed by atoms with Gasteiger partial charge in [0.05, 0.1) is 5.41 Å². The molecule has 0 aromatic heterocycles. The van der Waals surface area contributed by atoms with Crippen LogP contribution in [0.1, 0.15) is 25.3 Å². The number of hydrogen-bond acceptors (Lipinski definition) is 2. The molecule has 5 heteroatoms. The molecule has 1 aromatic rings. The molecule has 19 heavy (non-hydrogen) atoms. The fraction of sp³-hybridized carbons (Fsp3) is 0.429.